The molecule has 2 rings (SSSR count). The Bertz CT molecular complexity index is 464. The molecule has 4 nitrogen and oxygen atoms in total. The van der Waals surface area contributed by atoms with Gasteiger partial charge >= 0.3 is 0 Å². The third-order valence-corrected chi connectivity index (χ3v) is 6.05. The fourth-order valence-corrected chi connectivity index (χ4v) is 4.56. The standard InChI is InChI=1S/C13H21NO3S2/c1-2-9-19(15,16)14(10-12-5-3-7-17-12)11-13-6-4-8-18-13/h4,6,8,12H,2-3,5,7,9-11H2,1H3. The average Bonchev–Trinajstić information content (AvgIpc) is 3.00. The highest BCUT2D eigenvalue weighted by Crippen LogP contribution is 2.20. The molecule has 1 saturated heterocycles. The number of ether oxygens (including phenoxy) is 1. The molecule has 1 unspecified atom stereocenters. The van der Waals surface area contributed by atoms with Crippen LogP contribution in [0.2, 0.25) is 0 Å². The third-order valence-electron chi connectivity index (χ3n) is 3.20. The Hall–Kier alpha value is -0.430. The summed E-state index contributed by atoms with van der Waals surface area (Å²) < 4.78 is 31.8. The maximum atomic E-state index is 12.3. The van der Waals surface area contributed by atoms with Gasteiger partial charge in [0.2, 0.25) is 10.0 Å². The SMILES string of the molecule is CCCS(=O)(=O)N(Cc1cccs1)CC1CCCO1. The van der Waals surface area contributed by atoms with Crippen molar-refractivity contribution >= 4 is 21.4 Å². The van der Waals surface area contributed by atoms with Gasteiger partial charge < -0.3 is 4.74 Å². The Labute approximate surface area is 119 Å². The van der Waals surface area contributed by atoms with Crippen molar-refractivity contribution in [3.63, 3.8) is 0 Å². The lowest BCUT2D eigenvalue weighted by Crippen LogP contribution is -2.38. The molecule has 1 aliphatic rings. The van der Waals surface area contributed by atoms with Crippen molar-refractivity contribution in [2.75, 3.05) is 18.9 Å². The highest BCUT2D eigenvalue weighted by molar-refractivity contribution is 7.89. The van der Waals surface area contributed by atoms with E-state index < -0.39 is 10.0 Å². The van der Waals surface area contributed by atoms with Gasteiger partial charge in [0.05, 0.1) is 11.9 Å². The number of sulfonamides is 1. The van der Waals surface area contributed by atoms with Crippen LogP contribution in [0.25, 0.3) is 0 Å². The summed E-state index contributed by atoms with van der Waals surface area (Å²) in [4.78, 5) is 1.08. The quantitative estimate of drug-likeness (QED) is 0.777. The van der Waals surface area contributed by atoms with Crippen molar-refractivity contribution in [3.8, 4) is 0 Å². The van der Waals surface area contributed by atoms with E-state index in [0.717, 1.165) is 24.3 Å². The van der Waals surface area contributed by atoms with Gasteiger partial charge in [0.15, 0.2) is 0 Å². The van der Waals surface area contributed by atoms with Crippen LogP contribution in [-0.4, -0.2) is 37.7 Å². The lowest BCUT2D eigenvalue weighted by Gasteiger charge is -2.24. The molecule has 0 aliphatic carbocycles. The monoisotopic (exact) mass is 303 g/mol. The van der Waals surface area contributed by atoms with Crippen LogP contribution in [-0.2, 0) is 21.3 Å². The van der Waals surface area contributed by atoms with Gasteiger partial charge in [-0.3, -0.25) is 0 Å². The molecule has 6 heteroatoms. The molecule has 19 heavy (non-hydrogen) atoms. The van der Waals surface area contributed by atoms with Gasteiger partial charge in [-0.05, 0) is 30.7 Å². The number of hydrogen-bond donors (Lipinski definition) is 0. The Kier molecular flexibility index (Phi) is 5.38. The first-order valence-corrected chi connectivity index (χ1v) is 9.22. The van der Waals surface area contributed by atoms with Gasteiger partial charge in [-0.1, -0.05) is 13.0 Å². The van der Waals surface area contributed by atoms with Gasteiger partial charge in [0.1, 0.15) is 0 Å². The molecule has 0 aromatic carbocycles. The molecular formula is C13H21NO3S2. The number of thiophene rings is 1. The highest BCUT2D eigenvalue weighted by Gasteiger charge is 2.27. The Balaban J connectivity index is 2.07. The summed E-state index contributed by atoms with van der Waals surface area (Å²) >= 11 is 1.60. The molecule has 0 amide bonds. The Morgan fingerprint density at radius 2 is 2.37 bits per heavy atom. The molecular weight excluding hydrogens is 282 g/mol. The van der Waals surface area contributed by atoms with Crippen molar-refractivity contribution in [1.82, 2.24) is 4.31 Å². The second-order valence-corrected chi connectivity index (χ2v) is 7.94. The van der Waals surface area contributed by atoms with E-state index in [1.165, 1.54) is 0 Å². The summed E-state index contributed by atoms with van der Waals surface area (Å²) in [6, 6.07) is 3.94. The minimum absolute atomic E-state index is 0.0617. The van der Waals surface area contributed by atoms with Crippen LogP contribution in [0.1, 0.15) is 31.1 Å². The van der Waals surface area contributed by atoms with Gasteiger partial charge in [-0.15, -0.1) is 11.3 Å². The zero-order valence-corrected chi connectivity index (χ0v) is 12.9. The highest BCUT2D eigenvalue weighted by atomic mass is 32.2. The van der Waals surface area contributed by atoms with Crippen LogP contribution >= 0.6 is 11.3 Å². The molecule has 1 aromatic heterocycles. The van der Waals surface area contributed by atoms with Gasteiger partial charge in [0.25, 0.3) is 0 Å². The second-order valence-electron chi connectivity index (χ2n) is 4.82. The fraction of sp³-hybridized carbons (Fsp3) is 0.692. The van der Waals surface area contributed by atoms with Crippen LogP contribution in [0, 0.1) is 0 Å². The minimum Gasteiger partial charge on any atom is -0.377 e. The van der Waals surface area contributed by atoms with Crippen LogP contribution in [0.4, 0.5) is 0 Å². The molecule has 2 heterocycles. The molecule has 1 fully saturated rings. The van der Waals surface area contributed by atoms with Crippen LogP contribution < -0.4 is 0 Å². The van der Waals surface area contributed by atoms with Gasteiger partial charge in [-0.25, -0.2) is 8.42 Å². The smallest absolute Gasteiger partial charge is 0.214 e. The van der Waals surface area contributed by atoms with E-state index in [0.29, 0.717) is 19.5 Å². The molecule has 108 valence electrons. The summed E-state index contributed by atoms with van der Waals surface area (Å²) in [5.41, 5.74) is 0. The molecule has 0 N–H and O–H groups in total. The van der Waals surface area contributed by atoms with Crippen LogP contribution in [0.3, 0.4) is 0 Å². The second kappa shape index (κ2) is 6.83. The van der Waals surface area contributed by atoms with E-state index in [2.05, 4.69) is 0 Å². The molecule has 1 atom stereocenters. The molecule has 1 aromatic rings. The zero-order chi connectivity index (χ0) is 13.7. The van der Waals surface area contributed by atoms with Crippen LogP contribution in [0.15, 0.2) is 17.5 Å². The van der Waals surface area contributed by atoms with E-state index in [4.69, 9.17) is 4.74 Å². The first kappa shape index (κ1) is 15.0. The van der Waals surface area contributed by atoms with E-state index in [9.17, 15) is 8.42 Å². The summed E-state index contributed by atoms with van der Waals surface area (Å²) in [5.74, 6) is 0.213. The molecule has 0 bridgehead atoms. The first-order chi connectivity index (χ1) is 9.12. The van der Waals surface area contributed by atoms with Crippen LogP contribution in [0.5, 0.6) is 0 Å². The molecule has 0 radical (unpaired) electrons. The Morgan fingerprint density at radius 3 is 2.95 bits per heavy atom. The lowest BCUT2D eigenvalue weighted by atomic mass is 10.2. The van der Waals surface area contributed by atoms with Crippen molar-refractivity contribution < 1.29 is 13.2 Å². The Morgan fingerprint density at radius 1 is 1.53 bits per heavy atom. The maximum Gasteiger partial charge on any atom is 0.214 e. The molecule has 0 spiro atoms. The minimum atomic E-state index is -3.18. The predicted molar refractivity (Wildman–Crippen MR) is 77.8 cm³/mol. The first-order valence-electron chi connectivity index (χ1n) is 6.73. The van der Waals surface area contributed by atoms with E-state index >= 15 is 0 Å². The van der Waals surface area contributed by atoms with E-state index in [-0.39, 0.29) is 11.9 Å². The molecule has 1 aliphatic heterocycles. The van der Waals surface area contributed by atoms with Crippen molar-refractivity contribution in [2.45, 2.75) is 38.8 Å². The average molecular weight is 303 g/mol. The number of hydrogen-bond acceptors (Lipinski definition) is 4. The fourth-order valence-electron chi connectivity index (χ4n) is 2.26. The lowest BCUT2D eigenvalue weighted by molar-refractivity contribution is 0.0927. The number of nitrogens with zero attached hydrogens (tertiary/aromatic N) is 1. The molecule has 0 saturated carbocycles. The topological polar surface area (TPSA) is 46.6 Å². The van der Waals surface area contributed by atoms with Crippen molar-refractivity contribution in [3.05, 3.63) is 22.4 Å². The van der Waals surface area contributed by atoms with Gasteiger partial charge in [0, 0.05) is 24.6 Å². The largest absolute Gasteiger partial charge is 0.377 e. The van der Waals surface area contributed by atoms with E-state index in [1.807, 2.05) is 24.4 Å². The third kappa shape index (κ3) is 4.27. The predicted octanol–water partition coefficient (Wildman–Crippen LogP) is 2.47. The summed E-state index contributed by atoms with van der Waals surface area (Å²) in [6.07, 6.45) is 2.70. The van der Waals surface area contributed by atoms with E-state index in [1.54, 1.807) is 15.6 Å². The van der Waals surface area contributed by atoms with Gasteiger partial charge in [-0.2, -0.15) is 4.31 Å². The zero-order valence-electron chi connectivity index (χ0n) is 11.2. The van der Waals surface area contributed by atoms with Crippen molar-refractivity contribution in [1.29, 1.82) is 0 Å². The summed E-state index contributed by atoms with van der Waals surface area (Å²) in [6.45, 7) is 3.61. The number of rotatable bonds is 7. The summed E-state index contributed by atoms with van der Waals surface area (Å²) in [7, 11) is -3.18. The van der Waals surface area contributed by atoms with Crippen molar-refractivity contribution in [2.24, 2.45) is 0 Å². The summed E-state index contributed by atoms with van der Waals surface area (Å²) in [5, 5.41) is 1.98. The normalized spacial score (nSPS) is 20.2. The maximum absolute atomic E-state index is 12.3.